The van der Waals surface area contributed by atoms with E-state index in [1.807, 2.05) is 31.2 Å². The fraction of sp³-hybridized carbons (Fsp3) is 0.381. The van der Waals surface area contributed by atoms with Crippen LogP contribution in [-0.2, 0) is 19.5 Å². The number of hydrogen-bond acceptors (Lipinski definition) is 5. The first-order chi connectivity index (χ1) is 13.9. The lowest BCUT2D eigenvalue weighted by atomic mass is 10.0. The topological polar surface area (TPSA) is 84.9 Å². The molecule has 0 aliphatic carbocycles. The van der Waals surface area contributed by atoms with E-state index in [4.69, 9.17) is 9.47 Å². The molecule has 1 fully saturated rings. The van der Waals surface area contributed by atoms with Crippen LogP contribution in [0.15, 0.2) is 53.4 Å². The van der Waals surface area contributed by atoms with Gasteiger partial charge in [0, 0.05) is 32.3 Å². The number of morpholine rings is 1. The average molecular weight is 419 g/mol. The maximum atomic E-state index is 12.7. The van der Waals surface area contributed by atoms with Gasteiger partial charge in [-0.3, -0.25) is 4.79 Å². The van der Waals surface area contributed by atoms with Gasteiger partial charge in [-0.15, -0.1) is 0 Å². The Labute approximate surface area is 171 Å². The Morgan fingerprint density at radius 1 is 1.14 bits per heavy atom. The quantitative estimate of drug-likeness (QED) is 0.745. The van der Waals surface area contributed by atoms with Crippen molar-refractivity contribution < 1.29 is 22.7 Å². The third kappa shape index (κ3) is 5.02. The van der Waals surface area contributed by atoms with Crippen molar-refractivity contribution in [3.63, 3.8) is 0 Å². The molecule has 1 saturated heterocycles. The molecule has 0 aromatic heterocycles. The molecule has 1 unspecified atom stereocenters. The molecule has 1 amide bonds. The van der Waals surface area contributed by atoms with E-state index in [0.717, 1.165) is 11.1 Å². The van der Waals surface area contributed by atoms with Crippen molar-refractivity contribution in [1.82, 2.24) is 9.62 Å². The number of nitrogens with one attached hydrogen (secondary N) is 1. The lowest BCUT2D eigenvalue weighted by molar-refractivity contribution is 0.0730. The van der Waals surface area contributed by atoms with Gasteiger partial charge in [0.05, 0.1) is 24.2 Å². The van der Waals surface area contributed by atoms with Crippen LogP contribution in [0.4, 0.5) is 0 Å². The van der Waals surface area contributed by atoms with Crippen LogP contribution >= 0.6 is 0 Å². The normalized spacial score (nSPS) is 16.3. The highest BCUT2D eigenvalue weighted by Crippen LogP contribution is 2.20. The molecule has 3 rings (SSSR count). The van der Waals surface area contributed by atoms with E-state index in [-0.39, 0.29) is 16.9 Å². The Bertz CT molecular complexity index is 938. The largest absolute Gasteiger partial charge is 0.379 e. The molecule has 1 aliphatic heterocycles. The summed E-state index contributed by atoms with van der Waals surface area (Å²) in [4.78, 5) is 12.7. The number of hydrogen-bond donors (Lipinski definition) is 1. The first-order valence-electron chi connectivity index (χ1n) is 9.48. The predicted molar refractivity (Wildman–Crippen MR) is 109 cm³/mol. The first-order valence-corrected chi connectivity index (χ1v) is 10.9. The second kappa shape index (κ2) is 9.49. The zero-order valence-corrected chi connectivity index (χ0v) is 17.4. The Balaban J connectivity index is 1.65. The van der Waals surface area contributed by atoms with Gasteiger partial charge in [-0.25, -0.2) is 8.42 Å². The number of ether oxygens (including phenoxy) is 2. The summed E-state index contributed by atoms with van der Waals surface area (Å²) in [5.41, 5.74) is 2.50. The van der Waals surface area contributed by atoms with Crippen molar-refractivity contribution in [2.45, 2.75) is 17.9 Å². The summed E-state index contributed by atoms with van der Waals surface area (Å²) in [6.07, 6.45) is -0.263. The molecular weight excluding hydrogens is 392 g/mol. The first kappa shape index (κ1) is 21.4. The van der Waals surface area contributed by atoms with Crippen molar-refractivity contribution in [2.24, 2.45) is 0 Å². The van der Waals surface area contributed by atoms with E-state index >= 15 is 0 Å². The molecule has 8 heteroatoms. The minimum Gasteiger partial charge on any atom is -0.379 e. The number of nitrogens with zero attached hydrogens (tertiary/aromatic N) is 1. The van der Waals surface area contributed by atoms with Gasteiger partial charge in [-0.1, -0.05) is 24.3 Å². The summed E-state index contributed by atoms with van der Waals surface area (Å²) in [5.74, 6) is -0.282. The minimum atomic E-state index is -3.57. The molecule has 0 radical (unpaired) electrons. The van der Waals surface area contributed by atoms with Gasteiger partial charge in [0.2, 0.25) is 10.0 Å². The maximum absolute atomic E-state index is 12.7. The fourth-order valence-electron chi connectivity index (χ4n) is 3.27. The number of carbonyl (C=O) groups excluding carboxylic acids is 1. The molecule has 0 bridgehead atoms. The van der Waals surface area contributed by atoms with Gasteiger partial charge in [0.25, 0.3) is 5.91 Å². The number of amides is 1. The second-order valence-electron chi connectivity index (χ2n) is 6.83. The molecule has 1 atom stereocenters. The van der Waals surface area contributed by atoms with Gasteiger partial charge in [0.1, 0.15) is 0 Å². The summed E-state index contributed by atoms with van der Waals surface area (Å²) in [6.45, 7) is 3.76. The molecule has 2 aromatic carbocycles. The highest BCUT2D eigenvalue weighted by atomic mass is 32.2. The molecule has 0 spiro atoms. The van der Waals surface area contributed by atoms with Crippen LogP contribution in [0.1, 0.15) is 27.6 Å². The van der Waals surface area contributed by atoms with Gasteiger partial charge >= 0.3 is 0 Å². The van der Waals surface area contributed by atoms with E-state index in [9.17, 15) is 13.2 Å². The van der Waals surface area contributed by atoms with Gasteiger partial charge < -0.3 is 14.8 Å². The van der Waals surface area contributed by atoms with E-state index in [1.54, 1.807) is 7.11 Å². The highest BCUT2D eigenvalue weighted by molar-refractivity contribution is 7.89. The van der Waals surface area contributed by atoms with Gasteiger partial charge in [-0.05, 0) is 42.3 Å². The van der Waals surface area contributed by atoms with Gasteiger partial charge in [0.15, 0.2) is 0 Å². The Morgan fingerprint density at radius 2 is 1.79 bits per heavy atom. The SMILES string of the molecule is COC(CNC(=O)c1ccc(S(=O)(=O)N2CCOCC2)cc1)c1ccccc1C. The number of methoxy groups -OCH3 is 1. The fourth-order valence-corrected chi connectivity index (χ4v) is 4.68. The van der Waals surface area contributed by atoms with Crippen LogP contribution in [0, 0.1) is 6.92 Å². The standard InChI is InChI=1S/C21H26N2O5S/c1-16-5-3-4-6-19(16)20(27-2)15-22-21(24)17-7-9-18(10-8-17)29(25,26)23-11-13-28-14-12-23/h3-10,20H,11-15H2,1-2H3,(H,22,24). The zero-order chi connectivity index (χ0) is 20.9. The summed E-state index contributed by atoms with van der Waals surface area (Å²) < 4.78 is 37.5. The van der Waals surface area contributed by atoms with Crippen LogP contribution in [0.25, 0.3) is 0 Å². The average Bonchev–Trinajstić information content (AvgIpc) is 2.76. The molecular formula is C21H26N2O5S. The zero-order valence-electron chi connectivity index (χ0n) is 16.6. The highest BCUT2D eigenvalue weighted by Gasteiger charge is 2.26. The van der Waals surface area contributed by atoms with E-state index in [1.165, 1.54) is 28.6 Å². The third-order valence-corrected chi connectivity index (χ3v) is 6.91. The van der Waals surface area contributed by atoms with Crippen LogP contribution in [0.3, 0.4) is 0 Å². The third-order valence-electron chi connectivity index (χ3n) is 4.99. The molecule has 7 nitrogen and oxygen atoms in total. The number of sulfonamides is 1. The van der Waals surface area contributed by atoms with Gasteiger partial charge in [-0.2, -0.15) is 4.31 Å². The number of rotatable bonds is 7. The van der Waals surface area contributed by atoms with Crippen molar-refractivity contribution in [2.75, 3.05) is 40.0 Å². The smallest absolute Gasteiger partial charge is 0.251 e. The lowest BCUT2D eigenvalue weighted by Gasteiger charge is -2.26. The van der Waals surface area contributed by atoms with Crippen LogP contribution in [0.5, 0.6) is 0 Å². The van der Waals surface area contributed by atoms with Crippen LogP contribution < -0.4 is 5.32 Å². The lowest BCUT2D eigenvalue weighted by Crippen LogP contribution is -2.40. The second-order valence-corrected chi connectivity index (χ2v) is 8.77. The molecule has 1 N–H and O–H groups in total. The van der Waals surface area contributed by atoms with Crippen molar-refractivity contribution in [1.29, 1.82) is 0 Å². The van der Waals surface area contributed by atoms with Crippen molar-refractivity contribution in [3.05, 3.63) is 65.2 Å². The summed E-state index contributed by atoms with van der Waals surface area (Å²) in [5, 5.41) is 2.86. The summed E-state index contributed by atoms with van der Waals surface area (Å²) in [7, 11) is -1.97. The van der Waals surface area contributed by atoms with E-state index in [0.29, 0.717) is 38.4 Å². The minimum absolute atomic E-state index is 0.172. The Morgan fingerprint density at radius 3 is 2.41 bits per heavy atom. The number of benzene rings is 2. The molecule has 2 aromatic rings. The molecule has 0 saturated carbocycles. The van der Waals surface area contributed by atoms with E-state index in [2.05, 4.69) is 5.32 Å². The summed E-state index contributed by atoms with van der Waals surface area (Å²) >= 11 is 0. The monoisotopic (exact) mass is 418 g/mol. The van der Waals surface area contributed by atoms with Crippen molar-refractivity contribution in [3.8, 4) is 0 Å². The molecule has 29 heavy (non-hydrogen) atoms. The number of aryl methyl sites for hydroxylation is 1. The predicted octanol–water partition coefficient (Wildman–Crippen LogP) is 2.13. The van der Waals surface area contributed by atoms with Crippen LogP contribution in [-0.4, -0.2) is 58.6 Å². The molecule has 1 heterocycles. The van der Waals surface area contributed by atoms with Crippen molar-refractivity contribution >= 4 is 15.9 Å². The Hall–Kier alpha value is -2.26. The van der Waals surface area contributed by atoms with Crippen LogP contribution in [0.2, 0.25) is 0 Å². The number of carbonyl (C=O) groups is 1. The van der Waals surface area contributed by atoms with E-state index < -0.39 is 10.0 Å². The maximum Gasteiger partial charge on any atom is 0.251 e. The Kier molecular flexibility index (Phi) is 7.02. The molecule has 1 aliphatic rings. The summed E-state index contributed by atoms with van der Waals surface area (Å²) in [6, 6.07) is 13.8. The molecule has 156 valence electrons.